The zero-order chi connectivity index (χ0) is 21.3. The number of aryl methyl sites for hydroxylation is 1. The van der Waals surface area contributed by atoms with Crippen LogP contribution in [0.25, 0.3) is 10.9 Å². The molecule has 1 aromatic carbocycles. The molecule has 0 radical (unpaired) electrons. The van der Waals surface area contributed by atoms with Gasteiger partial charge in [0.05, 0.1) is 16.8 Å². The van der Waals surface area contributed by atoms with Gasteiger partial charge in [-0.2, -0.15) is 13.2 Å². The SMILES string of the molecule is CCN(C)C(=O)Cn1ccc2c(Nc3c(C)cc(F)cc3C(F)(F)F)nccc21. The fourth-order valence-corrected chi connectivity index (χ4v) is 3.05. The van der Waals surface area contributed by atoms with Crippen molar-refractivity contribution in [3.8, 4) is 0 Å². The summed E-state index contributed by atoms with van der Waals surface area (Å²) >= 11 is 0. The molecule has 0 aliphatic carbocycles. The number of alkyl halides is 3. The van der Waals surface area contributed by atoms with Crippen LogP contribution in [0.3, 0.4) is 0 Å². The van der Waals surface area contributed by atoms with Crippen LogP contribution in [0.5, 0.6) is 0 Å². The topological polar surface area (TPSA) is 50.2 Å². The lowest BCUT2D eigenvalue weighted by Crippen LogP contribution is -2.29. The third-order valence-corrected chi connectivity index (χ3v) is 4.75. The van der Waals surface area contributed by atoms with Gasteiger partial charge in [0.25, 0.3) is 0 Å². The molecule has 2 heterocycles. The van der Waals surface area contributed by atoms with Gasteiger partial charge in [-0.15, -0.1) is 0 Å². The average Bonchev–Trinajstić information content (AvgIpc) is 3.05. The Kier molecular flexibility index (Phi) is 5.50. The molecule has 9 heteroatoms. The second-order valence-electron chi connectivity index (χ2n) is 6.71. The maximum atomic E-state index is 13.6. The number of nitrogens with one attached hydrogen (secondary N) is 1. The number of carbonyl (C=O) groups excluding carboxylic acids is 1. The Labute approximate surface area is 164 Å². The Morgan fingerprint density at radius 2 is 2.00 bits per heavy atom. The molecule has 0 saturated heterocycles. The minimum Gasteiger partial charge on any atom is -0.344 e. The molecule has 0 aliphatic rings. The van der Waals surface area contributed by atoms with Crippen LogP contribution in [0.2, 0.25) is 0 Å². The number of pyridine rings is 1. The lowest BCUT2D eigenvalue weighted by molar-refractivity contribution is -0.137. The first kappa shape index (κ1) is 20.6. The van der Waals surface area contributed by atoms with Gasteiger partial charge in [0.15, 0.2) is 0 Å². The van der Waals surface area contributed by atoms with E-state index in [0.717, 1.165) is 6.07 Å². The molecule has 0 fully saturated rings. The average molecular weight is 408 g/mol. The largest absolute Gasteiger partial charge is 0.418 e. The zero-order valence-corrected chi connectivity index (χ0v) is 16.1. The highest BCUT2D eigenvalue weighted by Crippen LogP contribution is 2.39. The summed E-state index contributed by atoms with van der Waals surface area (Å²) in [5.41, 5.74) is -0.606. The van der Waals surface area contributed by atoms with Crippen molar-refractivity contribution in [2.24, 2.45) is 0 Å². The van der Waals surface area contributed by atoms with E-state index in [1.165, 1.54) is 13.1 Å². The smallest absolute Gasteiger partial charge is 0.344 e. The number of anilines is 2. The molecule has 0 aliphatic heterocycles. The number of rotatable bonds is 5. The Morgan fingerprint density at radius 3 is 2.66 bits per heavy atom. The van der Waals surface area contributed by atoms with Gasteiger partial charge in [-0.3, -0.25) is 4.79 Å². The predicted molar refractivity (Wildman–Crippen MR) is 102 cm³/mol. The lowest BCUT2D eigenvalue weighted by atomic mass is 10.1. The molecular weight excluding hydrogens is 388 g/mol. The number of hydrogen-bond donors (Lipinski definition) is 1. The number of likely N-dealkylation sites (N-methyl/N-ethyl adjacent to an activating group) is 1. The summed E-state index contributed by atoms with van der Waals surface area (Å²) in [6.07, 6.45) is -1.60. The number of carbonyl (C=O) groups is 1. The standard InChI is InChI=1S/C20H20F4N4O/c1-4-27(3)17(29)11-28-8-6-14-16(28)5-7-25-19(14)26-18-12(2)9-13(21)10-15(18)20(22,23)24/h5-10H,4,11H2,1-3H3,(H,25,26). The molecular formula is C20H20F4N4O. The van der Waals surface area contributed by atoms with Crippen LogP contribution in [0, 0.1) is 12.7 Å². The van der Waals surface area contributed by atoms with Gasteiger partial charge in [-0.05, 0) is 43.7 Å². The number of aromatic nitrogens is 2. The number of halogens is 4. The van der Waals surface area contributed by atoms with E-state index in [-0.39, 0.29) is 29.5 Å². The Morgan fingerprint density at radius 1 is 1.28 bits per heavy atom. The third-order valence-electron chi connectivity index (χ3n) is 4.75. The number of nitrogens with zero attached hydrogens (tertiary/aromatic N) is 3. The van der Waals surface area contributed by atoms with E-state index in [0.29, 0.717) is 23.5 Å². The molecule has 3 aromatic rings. The number of hydrogen-bond acceptors (Lipinski definition) is 3. The van der Waals surface area contributed by atoms with Crippen molar-refractivity contribution in [1.82, 2.24) is 14.5 Å². The summed E-state index contributed by atoms with van der Waals surface area (Å²) in [4.78, 5) is 17.9. The predicted octanol–water partition coefficient (Wildman–Crippen LogP) is 4.72. The second-order valence-corrected chi connectivity index (χ2v) is 6.71. The molecule has 29 heavy (non-hydrogen) atoms. The lowest BCUT2D eigenvalue weighted by Gasteiger charge is -2.18. The fraction of sp³-hybridized carbons (Fsp3) is 0.300. The van der Waals surface area contributed by atoms with E-state index in [1.54, 1.807) is 34.8 Å². The van der Waals surface area contributed by atoms with Gasteiger partial charge in [0.2, 0.25) is 5.91 Å². The molecule has 1 N–H and O–H groups in total. The third kappa shape index (κ3) is 4.18. The highest BCUT2D eigenvalue weighted by atomic mass is 19.4. The van der Waals surface area contributed by atoms with Gasteiger partial charge in [-0.25, -0.2) is 9.37 Å². The van der Waals surface area contributed by atoms with Gasteiger partial charge in [0, 0.05) is 31.4 Å². The van der Waals surface area contributed by atoms with Gasteiger partial charge >= 0.3 is 6.18 Å². The minimum absolute atomic E-state index is 0.0925. The molecule has 154 valence electrons. The first-order valence-electron chi connectivity index (χ1n) is 8.94. The Hall–Kier alpha value is -3.10. The molecule has 0 unspecified atom stereocenters. The highest BCUT2D eigenvalue weighted by Gasteiger charge is 2.35. The summed E-state index contributed by atoms with van der Waals surface area (Å²) in [6, 6.07) is 4.85. The quantitative estimate of drug-likeness (QED) is 0.622. The monoisotopic (exact) mass is 408 g/mol. The molecule has 3 rings (SSSR count). The molecule has 0 bridgehead atoms. The van der Waals surface area contributed by atoms with Gasteiger partial charge < -0.3 is 14.8 Å². The molecule has 0 atom stereocenters. The normalized spacial score (nSPS) is 11.7. The van der Waals surface area contributed by atoms with Crippen LogP contribution in [0.4, 0.5) is 29.1 Å². The van der Waals surface area contributed by atoms with Crippen molar-refractivity contribution < 1.29 is 22.4 Å². The van der Waals surface area contributed by atoms with E-state index in [2.05, 4.69) is 10.3 Å². The van der Waals surface area contributed by atoms with Crippen LogP contribution < -0.4 is 5.32 Å². The van der Waals surface area contributed by atoms with Crippen molar-refractivity contribution >= 4 is 28.3 Å². The second kappa shape index (κ2) is 7.73. The molecule has 5 nitrogen and oxygen atoms in total. The minimum atomic E-state index is -4.73. The van der Waals surface area contributed by atoms with E-state index < -0.39 is 17.6 Å². The Bertz CT molecular complexity index is 1060. The summed E-state index contributed by atoms with van der Waals surface area (Å²) < 4.78 is 55.5. The summed E-state index contributed by atoms with van der Waals surface area (Å²) in [5, 5.41) is 3.26. The van der Waals surface area contributed by atoms with Crippen LogP contribution in [0.1, 0.15) is 18.1 Å². The summed E-state index contributed by atoms with van der Waals surface area (Å²) in [6.45, 7) is 3.92. The van der Waals surface area contributed by atoms with Crippen molar-refractivity contribution in [3.63, 3.8) is 0 Å². The maximum Gasteiger partial charge on any atom is 0.418 e. The maximum absolute atomic E-state index is 13.6. The molecule has 0 saturated carbocycles. The van der Waals surface area contributed by atoms with E-state index in [9.17, 15) is 22.4 Å². The number of fused-ring (bicyclic) bond motifs is 1. The number of amides is 1. The van der Waals surface area contributed by atoms with E-state index in [1.807, 2.05) is 6.92 Å². The van der Waals surface area contributed by atoms with Crippen molar-refractivity contribution in [3.05, 3.63) is 53.6 Å². The van der Waals surface area contributed by atoms with Gasteiger partial charge in [0.1, 0.15) is 18.2 Å². The zero-order valence-electron chi connectivity index (χ0n) is 16.1. The van der Waals surface area contributed by atoms with Crippen molar-refractivity contribution in [2.75, 3.05) is 18.9 Å². The van der Waals surface area contributed by atoms with Crippen LogP contribution in [0.15, 0.2) is 36.7 Å². The molecule has 1 amide bonds. The summed E-state index contributed by atoms with van der Waals surface area (Å²) in [5.74, 6) is -0.862. The summed E-state index contributed by atoms with van der Waals surface area (Å²) in [7, 11) is 1.69. The van der Waals surface area contributed by atoms with E-state index >= 15 is 0 Å². The van der Waals surface area contributed by atoms with Crippen LogP contribution >= 0.6 is 0 Å². The molecule has 0 spiro atoms. The van der Waals surface area contributed by atoms with Crippen molar-refractivity contribution in [1.29, 1.82) is 0 Å². The first-order chi connectivity index (χ1) is 13.6. The number of benzene rings is 1. The first-order valence-corrected chi connectivity index (χ1v) is 8.94. The van der Waals surface area contributed by atoms with Crippen LogP contribution in [-0.2, 0) is 17.5 Å². The van der Waals surface area contributed by atoms with Crippen LogP contribution in [-0.4, -0.2) is 34.0 Å². The van der Waals surface area contributed by atoms with Gasteiger partial charge in [-0.1, -0.05) is 0 Å². The molecule has 2 aromatic heterocycles. The van der Waals surface area contributed by atoms with E-state index in [4.69, 9.17) is 0 Å². The van der Waals surface area contributed by atoms with Crippen molar-refractivity contribution in [2.45, 2.75) is 26.6 Å². The highest BCUT2D eigenvalue weighted by molar-refractivity contribution is 5.93. The fourth-order valence-electron chi connectivity index (χ4n) is 3.05. The Balaban J connectivity index is 2.02.